The number of amides is 1. The van der Waals surface area contributed by atoms with Crippen molar-refractivity contribution in [1.29, 1.82) is 0 Å². The van der Waals surface area contributed by atoms with Crippen LogP contribution < -0.4 is 0 Å². The molecule has 1 amide bonds. The molecule has 6 heteroatoms. The van der Waals surface area contributed by atoms with Crippen LogP contribution in [0.25, 0.3) is 16.7 Å². The van der Waals surface area contributed by atoms with Gasteiger partial charge in [0.1, 0.15) is 5.76 Å². The summed E-state index contributed by atoms with van der Waals surface area (Å²) in [4.78, 5) is 31.1. The lowest BCUT2D eigenvalue weighted by Crippen LogP contribution is -2.30. The molecule has 1 aliphatic heterocycles. The van der Waals surface area contributed by atoms with Crippen LogP contribution in [0.2, 0.25) is 0 Å². The summed E-state index contributed by atoms with van der Waals surface area (Å²) >= 11 is 1.48. The van der Waals surface area contributed by atoms with Gasteiger partial charge in [-0.05, 0) is 23.9 Å². The number of H-pyrrole nitrogens is 1. The Balaban J connectivity index is 1.89. The summed E-state index contributed by atoms with van der Waals surface area (Å²) in [6.07, 6.45) is 3.41. The lowest BCUT2D eigenvalue weighted by Gasteiger charge is -2.23. The van der Waals surface area contributed by atoms with E-state index in [4.69, 9.17) is 0 Å². The molecule has 1 saturated heterocycles. The second-order valence-electron chi connectivity index (χ2n) is 6.61. The third-order valence-electron chi connectivity index (χ3n) is 4.95. The first-order valence-corrected chi connectivity index (χ1v) is 9.89. The number of carbonyl (C=O) groups excluding carboxylic acids is 2. The predicted octanol–water partition coefficient (Wildman–Crippen LogP) is 4.45. The molecule has 27 heavy (non-hydrogen) atoms. The third-order valence-corrected chi connectivity index (χ3v) is 5.87. The highest BCUT2D eigenvalue weighted by Crippen LogP contribution is 2.42. The van der Waals surface area contributed by atoms with E-state index in [0.717, 1.165) is 28.6 Å². The number of aliphatic hydroxyl groups excluding tert-OH is 1. The average molecular weight is 380 g/mol. The molecule has 0 saturated carbocycles. The Morgan fingerprint density at radius 2 is 2.04 bits per heavy atom. The summed E-state index contributed by atoms with van der Waals surface area (Å²) in [6, 6.07) is 10.8. The molecule has 138 valence electrons. The number of thiophene rings is 1. The average Bonchev–Trinajstić information content (AvgIpc) is 3.40. The van der Waals surface area contributed by atoms with Crippen molar-refractivity contribution in [2.24, 2.45) is 0 Å². The second kappa shape index (κ2) is 7.04. The Morgan fingerprint density at radius 3 is 2.78 bits per heavy atom. The Kier molecular flexibility index (Phi) is 4.58. The molecular weight excluding hydrogens is 360 g/mol. The van der Waals surface area contributed by atoms with Crippen molar-refractivity contribution in [2.75, 3.05) is 6.54 Å². The number of aliphatic hydroxyl groups is 1. The van der Waals surface area contributed by atoms with Crippen LogP contribution in [0, 0.1) is 0 Å². The number of nitrogens with one attached hydrogen (secondary N) is 1. The molecule has 3 heterocycles. The first-order chi connectivity index (χ1) is 13.1. The van der Waals surface area contributed by atoms with E-state index in [2.05, 4.69) is 4.98 Å². The van der Waals surface area contributed by atoms with Crippen LogP contribution >= 0.6 is 11.3 Å². The molecule has 2 aromatic heterocycles. The SMILES string of the molecule is CCCCN1C(=O)C(=O)/C(=C(\O)c2c[nH]c3ccccc23)C1c1cccs1. The van der Waals surface area contributed by atoms with Crippen molar-refractivity contribution in [3.05, 3.63) is 64.0 Å². The molecule has 1 atom stereocenters. The molecule has 1 aromatic carbocycles. The normalized spacial score (nSPS) is 19.3. The minimum Gasteiger partial charge on any atom is -0.507 e. The van der Waals surface area contributed by atoms with Crippen molar-refractivity contribution in [2.45, 2.75) is 25.8 Å². The summed E-state index contributed by atoms with van der Waals surface area (Å²) in [7, 11) is 0. The Morgan fingerprint density at radius 1 is 1.22 bits per heavy atom. The summed E-state index contributed by atoms with van der Waals surface area (Å²) < 4.78 is 0. The number of unbranched alkanes of at least 4 members (excludes halogenated alkanes) is 1. The number of Topliss-reactive ketones (excluding diaryl/α,β-unsaturated/α-hetero) is 1. The Bertz CT molecular complexity index is 1030. The number of ketones is 1. The van der Waals surface area contributed by atoms with Gasteiger partial charge in [-0.3, -0.25) is 9.59 Å². The number of nitrogens with zero attached hydrogens (tertiary/aromatic N) is 1. The van der Waals surface area contributed by atoms with Gasteiger partial charge in [0, 0.05) is 34.1 Å². The minimum absolute atomic E-state index is 0.122. The summed E-state index contributed by atoms with van der Waals surface area (Å²) in [6.45, 7) is 2.54. The summed E-state index contributed by atoms with van der Waals surface area (Å²) in [5, 5.41) is 13.8. The maximum absolute atomic E-state index is 12.8. The third kappa shape index (κ3) is 2.86. The number of aromatic nitrogens is 1. The first-order valence-electron chi connectivity index (χ1n) is 9.01. The minimum atomic E-state index is -0.618. The number of carbonyl (C=O) groups is 2. The van der Waals surface area contributed by atoms with E-state index < -0.39 is 17.7 Å². The number of hydrogen-bond acceptors (Lipinski definition) is 4. The number of hydrogen-bond donors (Lipinski definition) is 2. The molecule has 1 aliphatic rings. The molecule has 1 fully saturated rings. The van der Waals surface area contributed by atoms with Crippen LogP contribution in [0.5, 0.6) is 0 Å². The fraction of sp³-hybridized carbons (Fsp3) is 0.238. The van der Waals surface area contributed by atoms with Gasteiger partial charge in [-0.2, -0.15) is 0 Å². The zero-order chi connectivity index (χ0) is 19.0. The topological polar surface area (TPSA) is 73.4 Å². The monoisotopic (exact) mass is 380 g/mol. The van der Waals surface area contributed by atoms with Crippen LogP contribution in [-0.2, 0) is 9.59 Å². The molecule has 0 bridgehead atoms. The van der Waals surface area contributed by atoms with E-state index in [1.165, 1.54) is 11.3 Å². The van der Waals surface area contributed by atoms with Gasteiger partial charge in [0.2, 0.25) is 0 Å². The lowest BCUT2D eigenvalue weighted by molar-refractivity contribution is -0.139. The number of rotatable bonds is 5. The summed E-state index contributed by atoms with van der Waals surface area (Å²) in [5.41, 5.74) is 1.58. The van der Waals surface area contributed by atoms with E-state index in [-0.39, 0.29) is 11.3 Å². The summed E-state index contributed by atoms with van der Waals surface area (Å²) in [5.74, 6) is -1.28. The van der Waals surface area contributed by atoms with Gasteiger partial charge in [0.15, 0.2) is 0 Å². The smallest absolute Gasteiger partial charge is 0.295 e. The predicted molar refractivity (Wildman–Crippen MR) is 107 cm³/mol. The number of fused-ring (bicyclic) bond motifs is 1. The highest BCUT2D eigenvalue weighted by molar-refractivity contribution is 7.10. The fourth-order valence-corrected chi connectivity index (χ4v) is 4.44. The van der Waals surface area contributed by atoms with E-state index >= 15 is 0 Å². The maximum Gasteiger partial charge on any atom is 0.295 e. The number of likely N-dealkylation sites (tertiary alicyclic amines) is 1. The molecule has 0 spiro atoms. The quantitative estimate of drug-likeness (QED) is 0.390. The maximum atomic E-state index is 12.8. The van der Waals surface area contributed by atoms with Crippen molar-refractivity contribution >= 4 is 39.7 Å². The van der Waals surface area contributed by atoms with E-state index in [9.17, 15) is 14.7 Å². The van der Waals surface area contributed by atoms with E-state index in [1.54, 1.807) is 11.1 Å². The van der Waals surface area contributed by atoms with Crippen LogP contribution in [0.3, 0.4) is 0 Å². The van der Waals surface area contributed by atoms with Crippen LogP contribution in [-0.4, -0.2) is 33.2 Å². The van der Waals surface area contributed by atoms with Crippen LogP contribution in [0.4, 0.5) is 0 Å². The standard InChI is InChI=1S/C21H20N2O3S/c1-2-3-10-23-18(16-9-6-11-27-16)17(20(25)21(23)26)19(24)14-12-22-15-8-5-4-7-13(14)15/h4-9,11-12,18,22,24H,2-3,10H2,1H3/b19-17-. The van der Waals surface area contributed by atoms with E-state index in [1.807, 2.05) is 48.7 Å². The van der Waals surface area contributed by atoms with Crippen LogP contribution in [0.1, 0.15) is 36.2 Å². The highest BCUT2D eigenvalue weighted by atomic mass is 32.1. The number of aromatic amines is 1. The van der Waals surface area contributed by atoms with Crippen molar-refractivity contribution in [3.8, 4) is 0 Å². The van der Waals surface area contributed by atoms with Crippen molar-refractivity contribution in [3.63, 3.8) is 0 Å². The molecule has 0 radical (unpaired) electrons. The van der Waals surface area contributed by atoms with Gasteiger partial charge in [0.05, 0.1) is 11.6 Å². The lowest BCUT2D eigenvalue weighted by atomic mass is 9.99. The molecule has 2 N–H and O–H groups in total. The van der Waals surface area contributed by atoms with Crippen molar-refractivity contribution in [1.82, 2.24) is 9.88 Å². The molecule has 5 nitrogen and oxygen atoms in total. The second-order valence-corrected chi connectivity index (χ2v) is 7.59. The largest absolute Gasteiger partial charge is 0.507 e. The van der Waals surface area contributed by atoms with Gasteiger partial charge < -0.3 is 15.0 Å². The fourth-order valence-electron chi connectivity index (χ4n) is 3.59. The van der Waals surface area contributed by atoms with E-state index in [0.29, 0.717) is 12.1 Å². The van der Waals surface area contributed by atoms with Crippen molar-refractivity contribution < 1.29 is 14.7 Å². The highest BCUT2D eigenvalue weighted by Gasteiger charge is 2.46. The van der Waals surface area contributed by atoms with Gasteiger partial charge in [-0.15, -0.1) is 11.3 Å². The van der Waals surface area contributed by atoms with Gasteiger partial charge in [-0.25, -0.2) is 0 Å². The molecule has 1 unspecified atom stereocenters. The zero-order valence-corrected chi connectivity index (χ0v) is 15.8. The van der Waals surface area contributed by atoms with Gasteiger partial charge in [-0.1, -0.05) is 37.6 Å². The van der Waals surface area contributed by atoms with Gasteiger partial charge in [0.25, 0.3) is 11.7 Å². The number of para-hydroxylation sites is 1. The zero-order valence-electron chi connectivity index (χ0n) is 14.9. The molecule has 4 rings (SSSR count). The Labute approximate surface area is 160 Å². The van der Waals surface area contributed by atoms with Gasteiger partial charge >= 0.3 is 0 Å². The molecule has 3 aromatic rings. The molecule has 0 aliphatic carbocycles. The van der Waals surface area contributed by atoms with Crippen LogP contribution in [0.15, 0.2) is 53.5 Å². The molecular formula is C21H20N2O3S. The first kappa shape index (κ1) is 17.5. The number of benzene rings is 1. The Hall–Kier alpha value is -2.86.